The van der Waals surface area contributed by atoms with Gasteiger partial charge in [-0.25, -0.2) is 0 Å². The number of hydrogen-bond acceptors (Lipinski definition) is 4. The van der Waals surface area contributed by atoms with Gasteiger partial charge in [0.2, 0.25) is 0 Å². The minimum atomic E-state index is 0.0286. The van der Waals surface area contributed by atoms with E-state index in [1.165, 1.54) is 0 Å². The van der Waals surface area contributed by atoms with Crippen molar-refractivity contribution >= 4 is 17.2 Å². The van der Waals surface area contributed by atoms with Crippen molar-refractivity contribution in [2.45, 2.75) is 19.4 Å². The molecule has 2 heterocycles. The predicted octanol–water partition coefficient (Wildman–Crippen LogP) is 3.15. The first-order valence-corrected chi connectivity index (χ1v) is 8.57. The van der Waals surface area contributed by atoms with Gasteiger partial charge in [-0.15, -0.1) is 11.3 Å². The first-order chi connectivity index (χ1) is 11.2. The second kappa shape index (κ2) is 7.15. The lowest BCUT2D eigenvalue weighted by Gasteiger charge is -2.33. The minimum absolute atomic E-state index is 0.0286. The quantitative estimate of drug-likeness (QED) is 0.864. The molecule has 1 aliphatic rings. The summed E-state index contributed by atoms with van der Waals surface area (Å²) in [6.07, 6.45) is 0.811. The Morgan fingerprint density at radius 2 is 2.26 bits per heavy atom. The van der Waals surface area contributed by atoms with Crippen molar-refractivity contribution in [3.05, 3.63) is 51.7 Å². The molecule has 0 spiro atoms. The van der Waals surface area contributed by atoms with E-state index in [9.17, 15) is 4.79 Å². The summed E-state index contributed by atoms with van der Waals surface area (Å²) in [6, 6.07) is 11.9. The van der Waals surface area contributed by atoms with Gasteiger partial charge in [-0.2, -0.15) is 0 Å². The van der Waals surface area contributed by atoms with E-state index < -0.39 is 0 Å². The number of thiophene rings is 1. The number of nitrogens with zero attached hydrogens (tertiary/aromatic N) is 1. The van der Waals surface area contributed by atoms with Gasteiger partial charge in [0.05, 0.1) is 24.7 Å². The zero-order chi connectivity index (χ0) is 16.2. The molecule has 4 nitrogen and oxygen atoms in total. The molecule has 122 valence electrons. The lowest BCUT2D eigenvalue weighted by molar-refractivity contribution is -0.0206. The molecule has 3 rings (SSSR count). The van der Waals surface area contributed by atoms with Gasteiger partial charge in [-0.05, 0) is 36.8 Å². The van der Waals surface area contributed by atoms with Crippen molar-refractivity contribution in [1.29, 1.82) is 0 Å². The molecule has 0 saturated carbocycles. The highest BCUT2D eigenvalue weighted by Gasteiger charge is 2.26. The van der Waals surface area contributed by atoms with Crippen molar-refractivity contribution in [2.24, 2.45) is 0 Å². The van der Waals surface area contributed by atoms with Gasteiger partial charge in [-0.1, -0.05) is 12.1 Å². The minimum Gasteiger partial charge on any atom is -0.497 e. The second-order valence-electron chi connectivity index (χ2n) is 5.71. The Bertz CT molecular complexity index is 682. The van der Waals surface area contributed by atoms with Gasteiger partial charge in [0.15, 0.2) is 0 Å². The van der Waals surface area contributed by atoms with Crippen LogP contribution in [0.2, 0.25) is 0 Å². The lowest BCUT2D eigenvalue weighted by Crippen LogP contribution is -2.46. The molecule has 1 saturated heterocycles. The fraction of sp³-hybridized carbons (Fsp3) is 0.389. The third kappa shape index (κ3) is 3.92. The van der Waals surface area contributed by atoms with E-state index in [0.29, 0.717) is 19.7 Å². The highest BCUT2D eigenvalue weighted by Crippen LogP contribution is 2.21. The van der Waals surface area contributed by atoms with Crippen LogP contribution in [0.25, 0.3) is 0 Å². The van der Waals surface area contributed by atoms with E-state index in [1.807, 2.05) is 42.2 Å². The summed E-state index contributed by atoms with van der Waals surface area (Å²) in [6.45, 7) is 3.90. The summed E-state index contributed by atoms with van der Waals surface area (Å²) >= 11 is 1.55. The van der Waals surface area contributed by atoms with Crippen molar-refractivity contribution in [1.82, 2.24) is 4.90 Å². The molecule has 2 aromatic rings. The number of aryl methyl sites for hydroxylation is 1. The molecular formula is C18H21NO3S. The van der Waals surface area contributed by atoms with Gasteiger partial charge in [0, 0.05) is 24.4 Å². The van der Waals surface area contributed by atoms with Crippen molar-refractivity contribution in [2.75, 3.05) is 26.8 Å². The Kier molecular flexibility index (Phi) is 4.98. The maximum absolute atomic E-state index is 12.6. The number of rotatable bonds is 4. The van der Waals surface area contributed by atoms with Crippen molar-refractivity contribution in [3.8, 4) is 5.75 Å². The maximum Gasteiger partial charge on any atom is 0.264 e. The molecule has 1 atom stereocenters. The molecule has 1 amide bonds. The van der Waals surface area contributed by atoms with Crippen LogP contribution in [0.3, 0.4) is 0 Å². The van der Waals surface area contributed by atoms with Crippen molar-refractivity contribution in [3.63, 3.8) is 0 Å². The summed E-state index contributed by atoms with van der Waals surface area (Å²) in [5.41, 5.74) is 1.16. The van der Waals surface area contributed by atoms with E-state index in [4.69, 9.17) is 9.47 Å². The number of carbonyl (C=O) groups excluding carboxylic acids is 1. The SMILES string of the molecule is COc1cccc(CC2CN(C(=O)c3ccc(C)s3)CCO2)c1. The number of morpholine rings is 1. The average molecular weight is 331 g/mol. The normalized spacial score (nSPS) is 18.0. The molecule has 0 aliphatic carbocycles. The van der Waals surface area contributed by atoms with Crippen LogP contribution in [0.15, 0.2) is 36.4 Å². The molecule has 1 aromatic carbocycles. The number of hydrogen-bond donors (Lipinski definition) is 0. The molecule has 5 heteroatoms. The third-order valence-corrected chi connectivity index (χ3v) is 4.96. The summed E-state index contributed by atoms with van der Waals surface area (Å²) in [5.74, 6) is 0.961. The van der Waals surface area contributed by atoms with Crippen LogP contribution in [0, 0.1) is 6.92 Å². The largest absolute Gasteiger partial charge is 0.497 e. The fourth-order valence-electron chi connectivity index (χ4n) is 2.79. The number of methoxy groups -OCH3 is 1. The zero-order valence-electron chi connectivity index (χ0n) is 13.5. The summed E-state index contributed by atoms with van der Waals surface area (Å²) in [7, 11) is 1.67. The highest BCUT2D eigenvalue weighted by atomic mass is 32.1. The van der Waals surface area contributed by atoms with Gasteiger partial charge in [-0.3, -0.25) is 4.79 Å². The molecule has 1 aliphatic heterocycles. The van der Waals surface area contributed by atoms with E-state index in [2.05, 4.69) is 6.07 Å². The van der Waals surface area contributed by atoms with Crippen LogP contribution in [0.4, 0.5) is 0 Å². The second-order valence-corrected chi connectivity index (χ2v) is 7.00. The lowest BCUT2D eigenvalue weighted by atomic mass is 10.1. The van der Waals surface area contributed by atoms with Crippen LogP contribution >= 0.6 is 11.3 Å². The number of amides is 1. The third-order valence-electron chi connectivity index (χ3n) is 3.97. The van der Waals surface area contributed by atoms with Crippen LogP contribution in [0.1, 0.15) is 20.1 Å². The van der Waals surface area contributed by atoms with Crippen LogP contribution in [-0.4, -0.2) is 43.7 Å². The molecule has 23 heavy (non-hydrogen) atoms. The average Bonchev–Trinajstić information content (AvgIpc) is 3.01. The molecule has 0 bridgehead atoms. The molecule has 0 N–H and O–H groups in total. The van der Waals surface area contributed by atoms with E-state index in [0.717, 1.165) is 27.5 Å². The van der Waals surface area contributed by atoms with Gasteiger partial charge < -0.3 is 14.4 Å². The first-order valence-electron chi connectivity index (χ1n) is 7.76. The first kappa shape index (κ1) is 16.0. The van der Waals surface area contributed by atoms with E-state index >= 15 is 0 Å². The smallest absolute Gasteiger partial charge is 0.264 e. The summed E-state index contributed by atoms with van der Waals surface area (Å²) in [5, 5.41) is 0. The Morgan fingerprint density at radius 1 is 1.39 bits per heavy atom. The summed E-state index contributed by atoms with van der Waals surface area (Å²) in [4.78, 5) is 16.4. The van der Waals surface area contributed by atoms with Gasteiger partial charge in [0.25, 0.3) is 5.91 Å². The number of carbonyl (C=O) groups is 1. The van der Waals surface area contributed by atoms with Crippen molar-refractivity contribution < 1.29 is 14.3 Å². The van der Waals surface area contributed by atoms with Crippen LogP contribution in [-0.2, 0) is 11.2 Å². The molecule has 1 fully saturated rings. The number of benzene rings is 1. The molecular weight excluding hydrogens is 310 g/mol. The number of ether oxygens (including phenoxy) is 2. The predicted molar refractivity (Wildman–Crippen MR) is 91.4 cm³/mol. The monoisotopic (exact) mass is 331 g/mol. The van der Waals surface area contributed by atoms with E-state index in [1.54, 1.807) is 18.4 Å². The van der Waals surface area contributed by atoms with E-state index in [-0.39, 0.29) is 12.0 Å². The Morgan fingerprint density at radius 3 is 3.00 bits per heavy atom. The Hall–Kier alpha value is -1.85. The van der Waals surface area contributed by atoms with Crippen LogP contribution < -0.4 is 4.74 Å². The zero-order valence-corrected chi connectivity index (χ0v) is 14.3. The standard InChI is InChI=1S/C18H21NO3S/c1-13-6-7-17(23-13)18(20)19-8-9-22-16(12-19)11-14-4-3-5-15(10-14)21-2/h3-7,10,16H,8-9,11-12H2,1-2H3. The fourth-order valence-corrected chi connectivity index (χ4v) is 3.63. The summed E-state index contributed by atoms with van der Waals surface area (Å²) < 4.78 is 11.1. The Balaban J connectivity index is 1.64. The van der Waals surface area contributed by atoms with Crippen LogP contribution in [0.5, 0.6) is 5.75 Å². The highest BCUT2D eigenvalue weighted by molar-refractivity contribution is 7.13. The maximum atomic E-state index is 12.6. The molecule has 1 unspecified atom stereocenters. The topological polar surface area (TPSA) is 38.8 Å². The van der Waals surface area contributed by atoms with Gasteiger partial charge >= 0.3 is 0 Å². The van der Waals surface area contributed by atoms with Gasteiger partial charge in [0.1, 0.15) is 5.75 Å². The molecule has 0 radical (unpaired) electrons. The molecule has 1 aromatic heterocycles. The Labute approximate surface area is 140 Å².